The third-order valence-electron chi connectivity index (χ3n) is 3.77. The van der Waals surface area contributed by atoms with Gasteiger partial charge in [-0.2, -0.15) is 0 Å². The SMILES string of the molecule is O=C(CCCOc1ccc(Cl)cc1Cl)O[C@H]1O[C@H](CO)[C@@H](O)[C@H](O)[C@H]1O. The maximum Gasteiger partial charge on any atom is 0.308 e. The predicted octanol–water partition coefficient (Wildman–Crippen LogP) is 0.495. The highest BCUT2D eigenvalue weighted by molar-refractivity contribution is 6.35. The van der Waals surface area contributed by atoms with Crippen molar-refractivity contribution in [1.82, 2.24) is 0 Å². The van der Waals surface area contributed by atoms with Crippen molar-refractivity contribution in [2.45, 2.75) is 43.5 Å². The topological polar surface area (TPSA) is 126 Å². The van der Waals surface area contributed by atoms with Crippen LogP contribution in [0.1, 0.15) is 12.8 Å². The van der Waals surface area contributed by atoms with Gasteiger partial charge in [0.1, 0.15) is 30.2 Å². The fourth-order valence-electron chi connectivity index (χ4n) is 2.34. The van der Waals surface area contributed by atoms with E-state index in [4.69, 9.17) is 42.5 Å². The second-order valence-corrected chi connectivity index (χ2v) is 6.56. The quantitative estimate of drug-likeness (QED) is 0.378. The van der Waals surface area contributed by atoms with Gasteiger partial charge in [-0.25, -0.2) is 0 Å². The molecule has 0 aliphatic carbocycles. The van der Waals surface area contributed by atoms with Gasteiger partial charge in [-0.1, -0.05) is 23.2 Å². The van der Waals surface area contributed by atoms with E-state index in [9.17, 15) is 20.1 Å². The van der Waals surface area contributed by atoms with Crippen molar-refractivity contribution in [3.8, 4) is 5.75 Å². The number of aliphatic hydroxyl groups excluding tert-OH is 4. The van der Waals surface area contributed by atoms with E-state index in [0.29, 0.717) is 22.2 Å². The minimum absolute atomic E-state index is 0.0414. The van der Waals surface area contributed by atoms with Crippen molar-refractivity contribution in [3.63, 3.8) is 0 Å². The summed E-state index contributed by atoms with van der Waals surface area (Å²) in [7, 11) is 0. The molecule has 0 bridgehead atoms. The average Bonchev–Trinajstić information content (AvgIpc) is 2.60. The summed E-state index contributed by atoms with van der Waals surface area (Å²) in [5.41, 5.74) is 0. The molecule has 1 saturated heterocycles. The molecule has 1 aromatic carbocycles. The summed E-state index contributed by atoms with van der Waals surface area (Å²) in [5.74, 6) is -0.265. The van der Waals surface area contributed by atoms with Gasteiger partial charge in [0.15, 0.2) is 0 Å². The molecule has 0 unspecified atom stereocenters. The Bertz CT molecular complexity index is 612. The molecule has 10 heteroatoms. The van der Waals surface area contributed by atoms with Gasteiger partial charge in [0.25, 0.3) is 0 Å². The first-order valence-electron chi connectivity index (χ1n) is 7.91. The molecule has 1 aliphatic rings. The van der Waals surface area contributed by atoms with E-state index in [1.807, 2.05) is 0 Å². The summed E-state index contributed by atoms with van der Waals surface area (Å²) in [6.07, 6.45) is -7.10. The number of ether oxygens (including phenoxy) is 3. The van der Waals surface area contributed by atoms with E-state index in [0.717, 1.165) is 0 Å². The molecule has 1 aliphatic heterocycles. The van der Waals surface area contributed by atoms with Crippen LogP contribution in [0.3, 0.4) is 0 Å². The summed E-state index contributed by atoms with van der Waals surface area (Å²) >= 11 is 11.7. The molecular weight excluding hydrogens is 391 g/mol. The first-order valence-corrected chi connectivity index (χ1v) is 8.67. The molecule has 0 radical (unpaired) electrons. The van der Waals surface area contributed by atoms with Gasteiger partial charge in [0.2, 0.25) is 6.29 Å². The monoisotopic (exact) mass is 410 g/mol. The van der Waals surface area contributed by atoms with Crippen molar-refractivity contribution in [3.05, 3.63) is 28.2 Å². The van der Waals surface area contributed by atoms with Crippen molar-refractivity contribution >= 4 is 29.2 Å². The lowest BCUT2D eigenvalue weighted by Crippen LogP contribution is -2.59. The molecule has 1 heterocycles. The lowest BCUT2D eigenvalue weighted by Gasteiger charge is -2.39. The number of hydrogen-bond donors (Lipinski definition) is 4. The molecular formula is C16H20Cl2O8. The fraction of sp³-hybridized carbons (Fsp3) is 0.562. The lowest BCUT2D eigenvalue weighted by atomic mass is 9.99. The third-order valence-corrected chi connectivity index (χ3v) is 4.30. The summed E-state index contributed by atoms with van der Waals surface area (Å²) in [6.45, 7) is -0.417. The van der Waals surface area contributed by atoms with Crippen LogP contribution in [0.4, 0.5) is 0 Å². The zero-order valence-corrected chi connectivity index (χ0v) is 15.1. The summed E-state index contributed by atoms with van der Waals surface area (Å²) in [4.78, 5) is 11.8. The number of benzene rings is 1. The number of rotatable bonds is 7. The first kappa shape index (κ1) is 21.2. The van der Waals surface area contributed by atoms with E-state index in [2.05, 4.69) is 0 Å². The van der Waals surface area contributed by atoms with Crippen molar-refractivity contribution < 1.29 is 39.4 Å². The van der Waals surface area contributed by atoms with Gasteiger partial charge in [-0.3, -0.25) is 4.79 Å². The molecule has 26 heavy (non-hydrogen) atoms. The summed E-state index contributed by atoms with van der Waals surface area (Å²) < 4.78 is 15.5. The molecule has 4 N–H and O–H groups in total. The van der Waals surface area contributed by atoms with E-state index in [1.54, 1.807) is 12.1 Å². The van der Waals surface area contributed by atoms with E-state index < -0.39 is 43.3 Å². The van der Waals surface area contributed by atoms with Crippen LogP contribution in [0, 0.1) is 0 Å². The summed E-state index contributed by atoms with van der Waals surface area (Å²) in [5, 5.41) is 39.0. The molecule has 0 saturated carbocycles. The normalized spacial score (nSPS) is 28.6. The van der Waals surface area contributed by atoms with Crippen LogP contribution in [0.15, 0.2) is 18.2 Å². The van der Waals surface area contributed by atoms with Gasteiger partial charge in [-0.15, -0.1) is 0 Å². The van der Waals surface area contributed by atoms with Crippen molar-refractivity contribution in [2.24, 2.45) is 0 Å². The molecule has 2 rings (SSSR count). The molecule has 0 amide bonds. The van der Waals surface area contributed by atoms with Gasteiger partial charge in [-0.05, 0) is 24.6 Å². The van der Waals surface area contributed by atoms with Crippen LogP contribution in [0.5, 0.6) is 5.75 Å². The maximum absolute atomic E-state index is 11.8. The molecule has 0 aromatic heterocycles. The minimum Gasteiger partial charge on any atom is -0.492 e. The second kappa shape index (κ2) is 9.70. The van der Waals surface area contributed by atoms with Crippen LogP contribution in [0.2, 0.25) is 10.0 Å². The average molecular weight is 411 g/mol. The van der Waals surface area contributed by atoms with Crippen LogP contribution in [-0.2, 0) is 14.3 Å². The standard InChI is InChI=1S/C16H20Cl2O8/c17-8-3-4-10(9(18)6-8)24-5-1-2-12(20)26-16-15(23)14(22)13(21)11(7-19)25-16/h3-4,6,11,13-16,19,21-23H,1-2,5,7H2/t11-,13-,14+,15-,16-/m1/s1. The molecule has 146 valence electrons. The highest BCUT2D eigenvalue weighted by atomic mass is 35.5. The van der Waals surface area contributed by atoms with Gasteiger partial charge >= 0.3 is 5.97 Å². The van der Waals surface area contributed by atoms with Crippen LogP contribution in [0.25, 0.3) is 0 Å². The number of carbonyl (C=O) groups is 1. The first-order chi connectivity index (χ1) is 12.3. The number of esters is 1. The number of aliphatic hydroxyl groups is 4. The molecule has 1 aromatic rings. The zero-order valence-electron chi connectivity index (χ0n) is 13.6. The van der Waals surface area contributed by atoms with Crippen LogP contribution >= 0.6 is 23.2 Å². The van der Waals surface area contributed by atoms with Gasteiger partial charge in [0, 0.05) is 11.4 Å². The number of halogens is 2. The second-order valence-electron chi connectivity index (χ2n) is 5.71. The molecule has 1 fully saturated rings. The fourth-order valence-corrected chi connectivity index (χ4v) is 2.81. The Labute approximate surface area is 159 Å². The number of hydrogen-bond acceptors (Lipinski definition) is 8. The van der Waals surface area contributed by atoms with E-state index in [1.165, 1.54) is 6.07 Å². The van der Waals surface area contributed by atoms with Crippen molar-refractivity contribution in [2.75, 3.05) is 13.2 Å². The zero-order chi connectivity index (χ0) is 19.3. The lowest BCUT2D eigenvalue weighted by molar-refractivity contribution is -0.292. The van der Waals surface area contributed by atoms with Gasteiger partial charge < -0.3 is 34.6 Å². The third kappa shape index (κ3) is 5.43. The van der Waals surface area contributed by atoms with E-state index >= 15 is 0 Å². The van der Waals surface area contributed by atoms with Crippen molar-refractivity contribution in [1.29, 1.82) is 0 Å². The molecule has 5 atom stereocenters. The Kier molecular flexibility index (Phi) is 7.90. The van der Waals surface area contributed by atoms with Gasteiger partial charge in [0.05, 0.1) is 18.2 Å². The smallest absolute Gasteiger partial charge is 0.308 e. The minimum atomic E-state index is -1.62. The highest BCUT2D eigenvalue weighted by Crippen LogP contribution is 2.27. The highest BCUT2D eigenvalue weighted by Gasteiger charge is 2.45. The number of carbonyl (C=O) groups excluding carboxylic acids is 1. The Morgan fingerprint density at radius 1 is 1.15 bits per heavy atom. The van der Waals surface area contributed by atoms with E-state index in [-0.39, 0.29) is 13.0 Å². The molecule has 8 nitrogen and oxygen atoms in total. The Morgan fingerprint density at radius 2 is 1.88 bits per heavy atom. The Balaban J connectivity index is 1.76. The molecule has 0 spiro atoms. The van der Waals surface area contributed by atoms with Crippen LogP contribution < -0.4 is 4.74 Å². The summed E-state index contributed by atoms with van der Waals surface area (Å²) in [6, 6.07) is 4.76. The Hall–Kier alpha value is -1.13. The Morgan fingerprint density at radius 3 is 2.54 bits per heavy atom. The van der Waals surface area contributed by atoms with Crippen LogP contribution in [-0.4, -0.2) is 70.3 Å². The predicted molar refractivity (Wildman–Crippen MR) is 91.1 cm³/mol. The maximum atomic E-state index is 11.8. The largest absolute Gasteiger partial charge is 0.492 e.